The van der Waals surface area contributed by atoms with Gasteiger partial charge in [0.15, 0.2) is 0 Å². The van der Waals surface area contributed by atoms with E-state index >= 15 is 0 Å². The van der Waals surface area contributed by atoms with Gasteiger partial charge in [0.25, 0.3) is 5.91 Å². The Morgan fingerprint density at radius 2 is 1.66 bits per heavy atom. The third-order valence-corrected chi connectivity index (χ3v) is 4.93. The molecule has 1 aliphatic rings. The Hall–Kier alpha value is -2.86. The fourth-order valence-electron chi connectivity index (χ4n) is 3.19. The molecule has 1 saturated heterocycles. The molecule has 0 unspecified atom stereocenters. The van der Waals surface area contributed by atoms with Crippen LogP contribution >= 0.6 is 0 Å². The van der Waals surface area contributed by atoms with E-state index < -0.39 is 0 Å². The molecule has 2 amide bonds. The monoisotopic (exact) mass is 395 g/mol. The number of hydrogen-bond acceptors (Lipinski definition) is 4. The lowest BCUT2D eigenvalue weighted by molar-refractivity contribution is -0.114. The predicted octanol–water partition coefficient (Wildman–Crippen LogP) is 3.51. The fourth-order valence-corrected chi connectivity index (χ4v) is 3.19. The lowest BCUT2D eigenvalue weighted by atomic mass is 9.87. The summed E-state index contributed by atoms with van der Waals surface area (Å²) in [7, 11) is 0. The van der Waals surface area contributed by atoms with Gasteiger partial charge in [0.05, 0.1) is 25.3 Å². The van der Waals surface area contributed by atoms with Crippen molar-refractivity contribution in [2.24, 2.45) is 0 Å². The van der Waals surface area contributed by atoms with Crippen LogP contribution in [0, 0.1) is 0 Å². The van der Waals surface area contributed by atoms with Gasteiger partial charge >= 0.3 is 0 Å². The van der Waals surface area contributed by atoms with Gasteiger partial charge in [0.2, 0.25) is 5.91 Å². The summed E-state index contributed by atoms with van der Waals surface area (Å²) < 4.78 is 5.31. The maximum absolute atomic E-state index is 12.8. The number of ether oxygens (including phenoxy) is 1. The third-order valence-electron chi connectivity index (χ3n) is 4.93. The zero-order chi connectivity index (χ0) is 20.9. The summed E-state index contributed by atoms with van der Waals surface area (Å²) in [5, 5.41) is 5.99. The van der Waals surface area contributed by atoms with E-state index in [1.165, 1.54) is 5.56 Å². The highest BCUT2D eigenvalue weighted by Crippen LogP contribution is 2.23. The lowest BCUT2D eigenvalue weighted by Gasteiger charge is -2.27. The van der Waals surface area contributed by atoms with Crippen molar-refractivity contribution >= 4 is 23.2 Å². The number of amides is 2. The van der Waals surface area contributed by atoms with E-state index in [-0.39, 0.29) is 23.8 Å². The van der Waals surface area contributed by atoms with Crippen LogP contribution in [0.4, 0.5) is 11.4 Å². The molecule has 1 heterocycles. The van der Waals surface area contributed by atoms with E-state index in [0.29, 0.717) is 37.6 Å². The van der Waals surface area contributed by atoms with Crippen molar-refractivity contribution in [3.63, 3.8) is 0 Å². The van der Waals surface area contributed by atoms with E-state index in [1.54, 1.807) is 11.0 Å². The van der Waals surface area contributed by atoms with Crippen LogP contribution in [-0.2, 0) is 14.9 Å². The van der Waals surface area contributed by atoms with Gasteiger partial charge < -0.3 is 20.3 Å². The number of para-hydroxylation sites is 1. The van der Waals surface area contributed by atoms with Gasteiger partial charge in [-0.15, -0.1) is 0 Å². The highest BCUT2D eigenvalue weighted by atomic mass is 16.5. The summed E-state index contributed by atoms with van der Waals surface area (Å²) in [6, 6.07) is 15.2. The van der Waals surface area contributed by atoms with Gasteiger partial charge in [-0.25, -0.2) is 0 Å². The second kappa shape index (κ2) is 9.09. The van der Waals surface area contributed by atoms with Gasteiger partial charge in [-0.3, -0.25) is 9.59 Å². The molecule has 154 valence electrons. The topological polar surface area (TPSA) is 70.7 Å². The Kier molecular flexibility index (Phi) is 6.54. The van der Waals surface area contributed by atoms with Crippen molar-refractivity contribution in [3.05, 3.63) is 59.7 Å². The minimum Gasteiger partial charge on any atom is -0.378 e. The SMILES string of the molecule is CC(C)(C)c1ccc(NC(=O)CNc2ccccc2C(=O)N2CCOCC2)cc1. The van der Waals surface area contributed by atoms with E-state index in [1.807, 2.05) is 42.5 Å². The summed E-state index contributed by atoms with van der Waals surface area (Å²) in [6.07, 6.45) is 0. The van der Waals surface area contributed by atoms with E-state index in [4.69, 9.17) is 4.74 Å². The van der Waals surface area contributed by atoms with Gasteiger partial charge in [-0.05, 0) is 35.2 Å². The predicted molar refractivity (Wildman–Crippen MR) is 115 cm³/mol. The number of hydrogen-bond donors (Lipinski definition) is 2. The zero-order valence-electron chi connectivity index (χ0n) is 17.3. The molecule has 2 aromatic rings. The van der Waals surface area contributed by atoms with Crippen LogP contribution in [0.5, 0.6) is 0 Å². The first-order valence-electron chi connectivity index (χ1n) is 9.95. The summed E-state index contributed by atoms with van der Waals surface area (Å²) >= 11 is 0. The van der Waals surface area contributed by atoms with Crippen LogP contribution < -0.4 is 10.6 Å². The van der Waals surface area contributed by atoms with Crippen molar-refractivity contribution < 1.29 is 14.3 Å². The number of anilines is 2. The smallest absolute Gasteiger partial charge is 0.256 e. The molecule has 1 aliphatic heterocycles. The second-order valence-electron chi connectivity index (χ2n) is 8.18. The number of carbonyl (C=O) groups is 2. The maximum atomic E-state index is 12.8. The number of morpholine rings is 1. The molecule has 0 radical (unpaired) electrons. The molecule has 0 saturated carbocycles. The van der Waals surface area contributed by atoms with Gasteiger partial charge in [0, 0.05) is 24.5 Å². The first-order chi connectivity index (χ1) is 13.8. The molecule has 6 heteroatoms. The standard InChI is InChI=1S/C23H29N3O3/c1-23(2,3)17-8-10-18(11-9-17)25-21(27)16-24-20-7-5-4-6-19(20)22(28)26-12-14-29-15-13-26/h4-11,24H,12-16H2,1-3H3,(H,25,27). The van der Waals surface area contributed by atoms with Gasteiger partial charge in [0.1, 0.15) is 0 Å². The van der Waals surface area contributed by atoms with E-state index in [0.717, 1.165) is 5.69 Å². The molecule has 1 fully saturated rings. The largest absolute Gasteiger partial charge is 0.378 e. The Labute approximate surface area is 172 Å². The maximum Gasteiger partial charge on any atom is 0.256 e. The Balaban J connectivity index is 1.60. The number of carbonyl (C=O) groups excluding carboxylic acids is 2. The first kappa shape index (κ1) is 20.9. The number of nitrogens with zero attached hydrogens (tertiary/aromatic N) is 1. The molecular weight excluding hydrogens is 366 g/mol. The summed E-state index contributed by atoms with van der Waals surface area (Å²) in [5.74, 6) is -0.211. The molecule has 0 bridgehead atoms. The van der Waals surface area contributed by atoms with Crippen molar-refractivity contribution in [1.29, 1.82) is 0 Å². The molecule has 0 aliphatic carbocycles. The number of benzene rings is 2. The highest BCUT2D eigenvalue weighted by molar-refractivity contribution is 6.01. The molecule has 3 rings (SSSR count). The minimum atomic E-state index is -0.165. The van der Waals surface area contributed by atoms with Crippen LogP contribution in [0.15, 0.2) is 48.5 Å². The first-order valence-corrected chi connectivity index (χ1v) is 9.95. The quantitative estimate of drug-likeness (QED) is 0.813. The molecule has 2 aromatic carbocycles. The Morgan fingerprint density at radius 3 is 2.31 bits per heavy atom. The summed E-state index contributed by atoms with van der Waals surface area (Å²) in [6.45, 7) is 8.81. The van der Waals surface area contributed by atoms with Crippen LogP contribution in [0.3, 0.4) is 0 Å². The second-order valence-corrected chi connectivity index (χ2v) is 8.18. The number of rotatable bonds is 5. The van der Waals surface area contributed by atoms with Crippen molar-refractivity contribution in [1.82, 2.24) is 4.90 Å². The third kappa shape index (κ3) is 5.57. The molecule has 6 nitrogen and oxygen atoms in total. The van der Waals surface area contributed by atoms with Crippen molar-refractivity contribution in [2.45, 2.75) is 26.2 Å². The average molecular weight is 396 g/mol. The van der Waals surface area contributed by atoms with Crippen LogP contribution in [0.2, 0.25) is 0 Å². The normalized spacial score (nSPS) is 14.4. The van der Waals surface area contributed by atoms with E-state index in [9.17, 15) is 9.59 Å². The van der Waals surface area contributed by atoms with Gasteiger partial charge in [-0.1, -0.05) is 45.0 Å². The molecular formula is C23H29N3O3. The molecule has 0 spiro atoms. The highest BCUT2D eigenvalue weighted by Gasteiger charge is 2.21. The Morgan fingerprint density at radius 1 is 1.00 bits per heavy atom. The summed E-state index contributed by atoms with van der Waals surface area (Å²) in [4.78, 5) is 26.9. The summed E-state index contributed by atoms with van der Waals surface area (Å²) in [5.41, 5.74) is 3.26. The number of nitrogens with one attached hydrogen (secondary N) is 2. The average Bonchev–Trinajstić information content (AvgIpc) is 2.72. The zero-order valence-corrected chi connectivity index (χ0v) is 17.3. The van der Waals surface area contributed by atoms with Gasteiger partial charge in [-0.2, -0.15) is 0 Å². The van der Waals surface area contributed by atoms with Crippen molar-refractivity contribution in [3.8, 4) is 0 Å². The molecule has 29 heavy (non-hydrogen) atoms. The van der Waals surface area contributed by atoms with E-state index in [2.05, 4.69) is 31.4 Å². The minimum absolute atomic E-state index is 0.0467. The molecule has 2 N–H and O–H groups in total. The molecule has 0 atom stereocenters. The lowest BCUT2D eigenvalue weighted by Crippen LogP contribution is -2.41. The van der Waals surface area contributed by atoms with Crippen LogP contribution in [0.1, 0.15) is 36.7 Å². The van der Waals surface area contributed by atoms with Crippen LogP contribution in [-0.4, -0.2) is 49.6 Å². The Bertz CT molecular complexity index is 850. The van der Waals surface area contributed by atoms with Crippen LogP contribution in [0.25, 0.3) is 0 Å². The molecule has 0 aromatic heterocycles. The fraction of sp³-hybridized carbons (Fsp3) is 0.391. The van der Waals surface area contributed by atoms with Crippen molar-refractivity contribution in [2.75, 3.05) is 43.5 Å².